The second-order valence-electron chi connectivity index (χ2n) is 4.33. The normalized spacial score (nSPS) is 11.7. The maximum atomic E-state index is 12.7. The molecule has 1 aromatic carbocycles. The van der Waals surface area contributed by atoms with Crippen LogP contribution in [0.3, 0.4) is 0 Å². The number of carbonyl (C=O) groups is 1. The molecule has 0 aliphatic rings. The van der Waals surface area contributed by atoms with Crippen molar-refractivity contribution in [3.63, 3.8) is 0 Å². The Morgan fingerprint density at radius 3 is 2.40 bits per heavy atom. The molecule has 0 saturated carbocycles. The molecule has 0 N–H and O–H groups in total. The molecule has 1 heterocycles. The Kier molecular flexibility index (Phi) is 3.29. The predicted molar refractivity (Wildman–Crippen MR) is 66.1 cm³/mol. The van der Waals surface area contributed by atoms with Gasteiger partial charge in [-0.1, -0.05) is 6.07 Å². The van der Waals surface area contributed by atoms with E-state index in [1.807, 2.05) is 0 Å². The first kappa shape index (κ1) is 14.1. The van der Waals surface area contributed by atoms with Crippen molar-refractivity contribution in [3.05, 3.63) is 52.2 Å². The average molecular weight is 284 g/mol. The quantitative estimate of drug-likeness (QED) is 0.808. The highest BCUT2D eigenvalue weighted by molar-refractivity contribution is 5.76. The Balaban J connectivity index is 2.64. The molecule has 0 spiro atoms. The van der Waals surface area contributed by atoms with Gasteiger partial charge in [-0.2, -0.15) is 13.2 Å². The molecule has 0 bridgehead atoms. The third-order valence-electron chi connectivity index (χ3n) is 2.84. The van der Waals surface area contributed by atoms with Crippen molar-refractivity contribution in [1.29, 1.82) is 0 Å². The SMILES string of the molecule is CC(=O)n1cc(C)n(-c2cccc(C(F)(F)F)c2)c1=O. The number of benzene rings is 1. The standard InChI is InChI=1S/C13H11F3N2O2/c1-8-7-17(9(2)19)12(20)18(8)11-5-3-4-10(6-11)13(14,15)16/h3-7H,1-2H3. The number of aromatic nitrogens is 2. The van der Waals surface area contributed by atoms with Crippen LogP contribution in [-0.4, -0.2) is 15.0 Å². The lowest BCUT2D eigenvalue weighted by Gasteiger charge is -2.09. The van der Waals surface area contributed by atoms with E-state index in [4.69, 9.17) is 0 Å². The van der Waals surface area contributed by atoms with Gasteiger partial charge in [0.15, 0.2) is 0 Å². The summed E-state index contributed by atoms with van der Waals surface area (Å²) in [4.78, 5) is 23.3. The lowest BCUT2D eigenvalue weighted by atomic mass is 10.2. The number of halogens is 3. The lowest BCUT2D eigenvalue weighted by Crippen LogP contribution is -2.26. The van der Waals surface area contributed by atoms with Gasteiger partial charge in [0.2, 0.25) is 5.91 Å². The summed E-state index contributed by atoms with van der Waals surface area (Å²) in [5, 5.41) is 0. The van der Waals surface area contributed by atoms with Crippen LogP contribution in [0.1, 0.15) is 23.0 Å². The summed E-state index contributed by atoms with van der Waals surface area (Å²) >= 11 is 0. The third kappa shape index (κ3) is 2.38. The Labute approximate surface area is 112 Å². The molecule has 7 heteroatoms. The minimum absolute atomic E-state index is 0.0716. The van der Waals surface area contributed by atoms with Crippen LogP contribution < -0.4 is 5.69 Å². The van der Waals surface area contributed by atoms with Gasteiger partial charge in [0.25, 0.3) is 0 Å². The van der Waals surface area contributed by atoms with E-state index in [1.54, 1.807) is 6.92 Å². The summed E-state index contributed by atoms with van der Waals surface area (Å²) in [6.07, 6.45) is -3.19. The van der Waals surface area contributed by atoms with E-state index in [1.165, 1.54) is 25.3 Å². The van der Waals surface area contributed by atoms with E-state index in [9.17, 15) is 22.8 Å². The summed E-state index contributed by atoms with van der Waals surface area (Å²) in [5.41, 5.74) is -1.09. The second-order valence-corrected chi connectivity index (χ2v) is 4.33. The molecule has 0 saturated heterocycles. The first-order valence-corrected chi connectivity index (χ1v) is 5.71. The van der Waals surface area contributed by atoms with Crippen LogP contribution in [0.4, 0.5) is 13.2 Å². The molecule has 106 valence electrons. The van der Waals surface area contributed by atoms with E-state index in [-0.39, 0.29) is 5.69 Å². The fraction of sp³-hybridized carbons (Fsp3) is 0.231. The highest BCUT2D eigenvalue weighted by atomic mass is 19.4. The first-order chi connectivity index (χ1) is 9.21. The van der Waals surface area contributed by atoms with Crippen molar-refractivity contribution in [2.45, 2.75) is 20.0 Å². The van der Waals surface area contributed by atoms with Crippen molar-refractivity contribution in [2.75, 3.05) is 0 Å². The number of alkyl halides is 3. The van der Waals surface area contributed by atoms with Crippen molar-refractivity contribution in [2.24, 2.45) is 0 Å². The summed E-state index contributed by atoms with van der Waals surface area (Å²) in [7, 11) is 0. The van der Waals surface area contributed by atoms with Gasteiger partial charge in [0.1, 0.15) is 0 Å². The predicted octanol–water partition coefficient (Wildman–Crippen LogP) is 2.63. The molecule has 2 aromatic rings. The van der Waals surface area contributed by atoms with Crippen molar-refractivity contribution < 1.29 is 18.0 Å². The second kappa shape index (κ2) is 4.66. The number of nitrogens with zero attached hydrogens (tertiary/aromatic N) is 2. The Bertz CT molecular complexity index is 726. The first-order valence-electron chi connectivity index (χ1n) is 5.71. The van der Waals surface area contributed by atoms with Crippen molar-refractivity contribution in [3.8, 4) is 5.69 Å². The van der Waals surface area contributed by atoms with Gasteiger partial charge >= 0.3 is 11.9 Å². The van der Waals surface area contributed by atoms with Crippen LogP contribution in [0.2, 0.25) is 0 Å². The van der Waals surface area contributed by atoms with Crippen molar-refractivity contribution >= 4 is 5.91 Å². The lowest BCUT2D eigenvalue weighted by molar-refractivity contribution is -0.137. The minimum atomic E-state index is -4.49. The van der Waals surface area contributed by atoms with Crippen LogP contribution in [0, 0.1) is 6.92 Å². The molecule has 0 aliphatic heterocycles. The van der Waals surface area contributed by atoms with Crippen LogP contribution in [-0.2, 0) is 6.18 Å². The van der Waals surface area contributed by atoms with Crippen LogP contribution in [0.25, 0.3) is 5.69 Å². The summed E-state index contributed by atoms with van der Waals surface area (Å²) < 4.78 is 39.9. The van der Waals surface area contributed by atoms with Crippen LogP contribution in [0.15, 0.2) is 35.3 Å². The fourth-order valence-corrected chi connectivity index (χ4v) is 1.92. The number of aryl methyl sites for hydroxylation is 1. The molecule has 4 nitrogen and oxygen atoms in total. The van der Waals surface area contributed by atoms with E-state index in [2.05, 4.69) is 0 Å². The largest absolute Gasteiger partial charge is 0.416 e. The molecular formula is C13H11F3N2O2. The zero-order chi connectivity index (χ0) is 15.1. The Morgan fingerprint density at radius 2 is 1.90 bits per heavy atom. The summed E-state index contributed by atoms with van der Waals surface area (Å²) in [6.45, 7) is 2.75. The van der Waals surface area contributed by atoms with Gasteiger partial charge < -0.3 is 0 Å². The average Bonchev–Trinajstić information content (AvgIpc) is 2.64. The third-order valence-corrected chi connectivity index (χ3v) is 2.84. The zero-order valence-corrected chi connectivity index (χ0v) is 10.7. The summed E-state index contributed by atoms with van der Waals surface area (Å²) in [6, 6.07) is 4.40. The van der Waals surface area contributed by atoms with Gasteiger partial charge in [0.05, 0.1) is 11.3 Å². The number of carbonyl (C=O) groups excluding carboxylic acids is 1. The molecule has 0 amide bonds. The number of rotatable bonds is 1. The fourth-order valence-electron chi connectivity index (χ4n) is 1.92. The van der Waals surface area contributed by atoms with E-state index in [0.717, 1.165) is 21.3 Å². The monoisotopic (exact) mass is 284 g/mol. The maximum absolute atomic E-state index is 12.7. The number of imidazole rings is 1. The van der Waals surface area contributed by atoms with Gasteiger partial charge in [-0.05, 0) is 25.1 Å². The Morgan fingerprint density at radius 1 is 1.25 bits per heavy atom. The minimum Gasteiger partial charge on any atom is -0.274 e. The van der Waals surface area contributed by atoms with Gasteiger partial charge in [0, 0.05) is 18.8 Å². The van der Waals surface area contributed by atoms with Gasteiger partial charge in [-0.15, -0.1) is 0 Å². The molecule has 20 heavy (non-hydrogen) atoms. The van der Waals surface area contributed by atoms with Gasteiger partial charge in [-0.25, -0.2) is 9.36 Å². The number of hydrogen-bond donors (Lipinski definition) is 0. The van der Waals surface area contributed by atoms with Crippen molar-refractivity contribution in [1.82, 2.24) is 9.13 Å². The zero-order valence-electron chi connectivity index (χ0n) is 10.7. The van der Waals surface area contributed by atoms with Crippen LogP contribution in [0.5, 0.6) is 0 Å². The number of hydrogen-bond acceptors (Lipinski definition) is 2. The highest BCUT2D eigenvalue weighted by Crippen LogP contribution is 2.30. The van der Waals surface area contributed by atoms with Crippen LogP contribution >= 0.6 is 0 Å². The molecule has 0 fully saturated rings. The van der Waals surface area contributed by atoms with E-state index >= 15 is 0 Å². The summed E-state index contributed by atoms with van der Waals surface area (Å²) in [5.74, 6) is -0.496. The molecule has 1 aromatic heterocycles. The molecule has 0 unspecified atom stereocenters. The molecule has 0 atom stereocenters. The molecule has 0 aliphatic carbocycles. The topological polar surface area (TPSA) is 44.0 Å². The molecule has 2 rings (SSSR count). The van der Waals surface area contributed by atoms with E-state index in [0.29, 0.717) is 5.69 Å². The molecule has 0 radical (unpaired) electrons. The van der Waals surface area contributed by atoms with E-state index < -0.39 is 23.3 Å². The Hall–Kier alpha value is -2.31. The molecular weight excluding hydrogens is 273 g/mol. The maximum Gasteiger partial charge on any atom is 0.416 e. The highest BCUT2D eigenvalue weighted by Gasteiger charge is 2.30. The van der Waals surface area contributed by atoms with Gasteiger partial charge in [-0.3, -0.25) is 9.36 Å². The smallest absolute Gasteiger partial charge is 0.274 e.